The van der Waals surface area contributed by atoms with Gasteiger partial charge in [0.25, 0.3) is 0 Å². The Bertz CT molecular complexity index is 590. The minimum atomic E-state index is -0.253. The first-order valence-electron chi connectivity index (χ1n) is 5.91. The summed E-state index contributed by atoms with van der Waals surface area (Å²) in [4.78, 5) is 4.45. The summed E-state index contributed by atoms with van der Waals surface area (Å²) in [7, 11) is 0. The van der Waals surface area contributed by atoms with Crippen molar-refractivity contribution in [2.24, 2.45) is 0 Å². The minimum absolute atomic E-state index is 0.253. The van der Waals surface area contributed by atoms with Crippen molar-refractivity contribution >= 4 is 21.9 Å². The van der Waals surface area contributed by atoms with E-state index in [0.29, 0.717) is 6.04 Å². The number of nitrogens with zero attached hydrogens (tertiary/aromatic N) is 2. The predicted molar refractivity (Wildman–Crippen MR) is 72.6 cm³/mol. The van der Waals surface area contributed by atoms with Crippen molar-refractivity contribution in [3.8, 4) is 5.69 Å². The summed E-state index contributed by atoms with van der Waals surface area (Å²) >= 11 is 3.45. The number of hydrogen-bond donors (Lipinski definition) is 1. The van der Waals surface area contributed by atoms with Gasteiger partial charge in [-0.3, -0.25) is 4.57 Å². The highest BCUT2D eigenvalue weighted by Gasteiger charge is 2.23. The van der Waals surface area contributed by atoms with E-state index in [9.17, 15) is 4.39 Å². The van der Waals surface area contributed by atoms with Gasteiger partial charge in [-0.05, 0) is 53.9 Å². The summed E-state index contributed by atoms with van der Waals surface area (Å²) in [5.41, 5.74) is 1.67. The second-order valence-electron chi connectivity index (χ2n) is 4.59. The van der Waals surface area contributed by atoms with E-state index in [1.54, 1.807) is 6.07 Å². The maximum Gasteiger partial charge on any atom is 0.207 e. The molecule has 3 rings (SSSR count). The molecular formula is C13H13BrFN3. The molecule has 0 radical (unpaired) electrons. The highest BCUT2D eigenvalue weighted by molar-refractivity contribution is 9.10. The Kier molecular flexibility index (Phi) is 2.86. The van der Waals surface area contributed by atoms with Gasteiger partial charge in [-0.15, -0.1) is 0 Å². The molecule has 0 bridgehead atoms. The van der Waals surface area contributed by atoms with Gasteiger partial charge in [0.1, 0.15) is 5.82 Å². The molecular weight excluding hydrogens is 297 g/mol. The molecule has 5 heteroatoms. The van der Waals surface area contributed by atoms with Crippen LogP contribution in [0.5, 0.6) is 0 Å². The summed E-state index contributed by atoms with van der Waals surface area (Å²) in [6.07, 6.45) is 4.26. The van der Waals surface area contributed by atoms with E-state index in [1.165, 1.54) is 25.0 Å². The first-order valence-corrected chi connectivity index (χ1v) is 6.71. The lowest BCUT2D eigenvalue weighted by Gasteiger charge is -2.10. The van der Waals surface area contributed by atoms with Crippen molar-refractivity contribution in [3.05, 3.63) is 40.4 Å². The maximum absolute atomic E-state index is 13.4. The second kappa shape index (κ2) is 4.39. The van der Waals surface area contributed by atoms with Gasteiger partial charge in [0.05, 0.1) is 11.4 Å². The fourth-order valence-corrected chi connectivity index (χ4v) is 2.30. The number of benzene rings is 1. The van der Waals surface area contributed by atoms with Gasteiger partial charge in [-0.2, -0.15) is 0 Å². The Morgan fingerprint density at radius 2 is 2.22 bits per heavy atom. The molecule has 0 unspecified atom stereocenters. The maximum atomic E-state index is 13.4. The standard InChI is InChI=1S/C13H13BrFN3/c1-8-7-18(13(16-8)17-10-3-4-10)12-6-9(15)2-5-11(12)14/h2,5-7,10H,3-4H2,1H3,(H,16,17). The van der Waals surface area contributed by atoms with Gasteiger partial charge in [0.15, 0.2) is 0 Å². The Balaban J connectivity index is 2.06. The Morgan fingerprint density at radius 1 is 1.44 bits per heavy atom. The monoisotopic (exact) mass is 309 g/mol. The zero-order valence-corrected chi connectivity index (χ0v) is 11.5. The van der Waals surface area contributed by atoms with Gasteiger partial charge in [0.2, 0.25) is 5.95 Å². The molecule has 1 saturated carbocycles. The molecule has 1 aliphatic rings. The molecule has 94 valence electrons. The molecule has 1 N–H and O–H groups in total. The Labute approximate surface area is 113 Å². The lowest BCUT2D eigenvalue weighted by molar-refractivity contribution is 0.626. The molecule has 0 saturated heterocycles. The number of aryl methyl sites for hydroxylation is 1. The summed E-state index contributed by atoms with van der Waals surface area (Å²) in [6.45, 7) is 1.93. The predicted octanol–water partition coefficient (Wildman–Crippen LogP) is 3.66. The van der Waals surface area contributed by atoms with Crippen molar-refractivity contribution < 1.29 is 4.39 Å². The molecule has 1 aromatic heterocycles. The number of halogens is 2. The summed E-state index contributed by atoms with van der Waals surface area (Å²) < 4.78 is 16.1. The van der Waals surface area contributed by atoms with Crippen LogP contribution in [0, 0.1) is 12.7 Å². The number of rotatable bonds is 3. The number of nitrogens with one attached hydrogen (secondary N) is 1. The second-order valence-corrected chi connectivity index (χ2v) is 5.44. The van der Waals surface area contributed by atoms with Gasteiger partial charge in [-0.1, -0.05) is 0 Å². The SMILES string of the molecule is Cc1cn(-c2cc(F)ccc2Br)c(NC2CC2)n1. The van der Waals surface area contributed by atoms with Gasteiger partial charge < -0.3 is 5.32 Å². The Hall–Kier alpha value is -1.36. The van der Waals surface area contributed by atoms with Crippen molar-refractivity contribution in [2.45, 2.75) is 25.8 Å². The first-order chi connectivity index (χ1) is 8.63. The van der Waals surface area contributed by atoms with Crippen LogP contribution in [0.2, 0.25) is 0 Å². The van der Waals surface area contributed by atoms with Crippen LogP contribution in [0.3, 0.4) is 0 Å². The molecule has 1 aromatic carbocycles. The third-order valence-corrected chi connectivity index (χ3v) is 3.58. The molecule has 0 atom stereocenters. The molecule has 2 aromatic rings. The van der Waals surface area contributed by atoms with Crippen LogP contribution in [-0.4, -0.2) is 15.6 Å². The quantitative estimate of drug-likeness (QED) is 0.937. The summed E-state index contributed by atoms with van der Waals surface area (Å²) in [6, 6.07) is 5.16. The lowest BCUT2D eigenvalue weighted by atomic mass is 10.3. The first kappa shape index (κ1) is 11.7. The zero-order valence-electron chi connectivity index (χ0n) is 9.95. The highest BCUT2D eigenvalue weighted by Crippen LogP contribution is 2.29. The smallest absolute Gasteiger partial charge is 0.207 e. The van der Waals surface area contributed by atoms with Crippen LogP contribution in [0.25, 0.3) is 5.69 Å². The molecule has 1 heterocycles. The fourth-order valence-electron chi connectivity index (χ4n) is 1.86. The normalized spacial score (nSPS) is 14.8. The van der Waals surface area contributed by atoms with E-state index in [-0.39, 0.29) is 5.82 Å². The van der Waals surface area contributed by atoms with Gasteiger partial charge in [0, 0.05) is 16.7 Å². The van der Waals surface area contributed by atoms with E-state index < -0.39 is 0 Å². The molecule has 1 fully saturated rings. The largest absolute Gasteiger partial charge is 0.353 e. The van der Waals surface area contributed by atoms with E-state index in [1.807, 2.05) is 17.7 Å². The van der Waals surface area contributed by atoms with Crippen molar-refractivity contribution in [1.82, 2.24) is 9.55 Å². The van der Waals surface area contributed by atoms with Crippen molar-refractivity contribution in [2.75, 3.05) is 5.32 Å². The van der Waals surface area contributed by atoms with Crippen molar-refractivity contribution in [1.29, 1.82) is 0 Å². The highest BCUT2D eigenvalue weighted by atomic mass is 79.9. The topological polar surface area (TPSA) is 29.9 Å². The molecule has 0 amide bonds. The average Bonchev–Trinajstić information content (AvgIpc) is 3.05. The molecule has 0 spiro atoms. The minimum Gasteiger partial charge on any atom is -0.353 e. The number of anilines is 1. The van der Waals surface area contributed by atoms with Crippen LogP contribution in [0.1, 0.15) is 18.5 Å². The van der Waals surface area contributed by atoms with E-state index >= 15 is 0 Å². The third-order valence-electron chi connectivity index (χ3n) is 2.90. The van der Waals surface area contributed by atoms with Gasteiger partial charge in [-0.25, -0.2) is 9.37 Å². The van der Waals surface area contributed by atoms with Crippen molar-refractivity contribution in [3.63, 3.8) is 0 Å². The van der Waals surface area contributed by atoms with Crippen LogP contribution < -0.4 is 5.32 Å². The number of imidazole rings is 1. The molecule has 18 heavy (non-hydrogen) atoms. The third kappa shape index (κ3) is 2.27. The van der Waals surface area contributed by atoms with E-state index in [4.69, 9.17) is 0 Å². The van der Waals surface area contributed by atoms with Crippen LogP contribution >= 0.6 is 15.9 Å². The van der Waals surface area contributed by atoms with Crippen LogP contribution in [0.4, 0.5) is 10.3 Å². The molecule has 3 nitrogen and oxygen atoms in total. The lowest BCUT2D eigenvalue weighted by Crippen LogP contribution is -2.08. The zero-order chi connectivity index (χ0) is 12.7. The average molecular weight is 310 g/mol. The van der Waals surface area contributed by atoms with Gasteiger partial charge >= 0.3 is 0 Å². The summed E-state index contributed by atoms with van der Waals surface area (Å²) in [5, 5.41) is 3.36. The molecule has 0 aliphatic heterocycles. The van der Waals surface area contributed by atoms with E-state index in [0.717, 1.165) is 21.8 Å². The molecule has 1 aliphatic carbocycles. The van der Waals surface area contributed by atoms with Crippen LogP contribution in [-0.2, 0) is 0 Å². The van der Waals surface area contributed by atoms with Crippen LogP contribution in [0.15, 0.2) is 28.9 Å². The fraction of sp³-hybridized carbons (Fsp3) is 0.308. The number of aromatic nitrogens is 2. The summed E-state index contributed by atoms with van der Waals surface area (Å²) in [5.74, 6) is 0.526. The Morgan fingerprint density at radius 3 is 2.94 bits per heavy atom. The number of hydrogen-bond acceptors (Lipinski definition) is 2. The van der Waals surface area contributed by atoms with E-state index in [2.05, 4.69) is 26.2 Å².